The smallest absolute Gasteiger partial charge is 0.0651 e. The minimum absolute atomic E-state index is 0.135. The van der Waals surface area contributed by atoms with Crippen LogP contribution in [0.4, 0.5) is 0 Å². The van der Waals surface area contributed by atoms with Gasteiger partial charge in [-0.3, -0.25) is 0 Å². The van der Waals surface area contributed by atoms with Gasteiger partial charge in [0.1, 0.15) is 0 Å². The van der Waals surface area contributed by atoms with Crippen molar-refractivity contribution in [2.24, 2.45) is 0 Å². The number of hydrogen-bond acceptors (Lipinski definition) is 1. The van der Waals surface area contributed by atoms with Crippen molar-refractivity contribution in [2.45, 2.75) is 45.6 Å². The van der Waals surface area contributed by atoms with Crippen molar-refractivity contribution in [3.05, 3.63) is 82.9 Å². The van der Waals surface area contributed by atoms with Crippen LogP contribution in [0.3, 0.4) is 0 Å². The molecular formula is C21H26O. The maximum absolute atomic E-state index is 10.8. The summed E-state index contributed by atoms with van der Waals surface area (Å²) in [5.41, 5.74) is 4.95. The molecule has 0 unspecified atom stereocenters. The maximum Gasteiger partial charge on any atom is 0.0651 e. The second kappa shape index (κ2) is 7.95. The molecule has 2 aromatic carbocycles. The van der Waals surface area contributed by atoms with Crippen LogP contribution in [0.5, 0.6) is 0 Å². The number of benzene rings is 2. The van der Waals surface area contributed by atoms with Crippen molar-refractivity contribution < 1.29 is 5.11 Å². The van der Waals surface area contributed by atoms with Gasteiger partial charge in [-0.15, -0.1) is 0 Å². The van der Waals surface area contributed by atoms with E-state index in [-0.39, 0.29) is 12.0 Å². The molecule has 0 spiro atoms. The molecule has 0 radical (unpaired) electrons. The molecular weight excluding hydrogens is 268 g/mol. The highest BCUT2D eigenvalue weighted by Crippen LogP contribution is 2.27. The predicted molar refractivity (Wildman–Crippen MR) is 94.1 cm³/mol. The van der Waals surface area contributed by atoms with E-state index in [2.05, 4.69) is 63.2 Å². The van der Waals surface area contributed by atoms with Crippen LogP contribution < -0.4 is 0 Å². The van der Waals surface area contributed by atoms with E-state index in [4.69, 9.17) is 0 Å². The van der Waals surface area contributed by atoms with Gasteiger partial charge in [0.15, 0.2) is 0 Å². The highest BCUT2D eigenvalue weighted by Gasteiger charge is 2.20. The molecule has 116 valence electrons. The second-order valence-electron chi connectivity index (χ2n) is 6.29. The van der Waals surface area contributed by atoms with Crippen molar-refractivity contribution in [3.63, 3.8) is 0 Å². The third kappa shape index (κ3) is 4.85. The van der Waals surface area contributed by atoms with E-state index in [1.165, 1.54) is 22.3 Å². The first kappa shape index (κ1) is 16.5. The van der Waals surface area contributed by atoms with Gasteiger partial charge >= 0.3 is 0 Å². The lowest BCUT2D eigenvalue weighted by molar-refractivity contribution is 0.143. The van der Waals surface area contributed by atoms with Gasteiger partial charge in [0.25, 0.3) is 0 Å². The summed E-state index contributed by atoms with van der Waals surface area (Å²) in [6, 6.07) is 18.8. The average molecular weight is 294 g/mol. The van der Waals surface area contributed by atoms with E-state index < -0.39 is 0 Å². The molecule has 0 aliphatic heterocycles. The molecule has 0 heterocycles. The van der Waals surface area contributed by atoms with E-state index >= 15 is 0 Å². The van der Waals surface area contributed by atoms with E-state index in [9.17, 15) is 5.11 Å². The molecule has 2 atom stereocenters. The quantitative estimate of drug-likeness (QED) is 0.740. The lowest BCUT2D eigenvalue weighted by atomic mass is 9.86. The van der Waals surface area contributed by atoms with Gasteiger partial charge in [-0.1, -0.05) is 71.8 Å². The summed E-state index contributed by atoms with van der Waals surface area (Å²) in [6.45, 7) is 6.31. The fraction of sp³-hybridized carbons (Fsp3) is 0.333. The fourth-order valence-corrected chi connectivity index (χ4v) is 2.69. The number of aliphatic hydroxyl groups excluding tert-OH is 1. The molecule has 1 N–H and O–H groups in total. The van der Waals surface area contributed by atoms with Gasteiger partial charge in [0.05, 0.1) is 6.10 Å². The fourth-order valence-electron chi connectivity index (χ4n) is 2.69. The average Bonchev–Trinajstić information content (AvgIpc) is 2.50. The van der Waals surface area contributed by atoms with Crippen LogP contribution in [0.2, 0.25) is 0 Å². The molecule has 0 fully saturated rings. The molecule has 0 saturated heterocycles. The number of aryl methyl sites for hydroxylation is 1. The van der Waals surface area contributed by atoms with Gasteiger partial charge in [-0.2, -0.15) is 0 Å². The topological polar surface area (TPSA) is 20.2 Å². The van der Waals surface area contributed by atoms with Crippen LogP contribution in [0.25, 0.3) is 0 Å². The van der Waals surface area contributed by atoms with Gasteiger partial charge in [-0.05, 0) is 44.7 Å². The Morgan fingerprint density at radius 2 is 1.64 bits per heavy atom. The normalized spacial score (nSPS) is 13.5. The highest BCUT2D eigenvalue weighted by molar-refractivity contribution is 5.27. The first-order chi connectivity index (χ1) is 10.6. The van der Waals surface area contributed by atoms with Crippen LogP contribution >= 0.6 is 0 Å². The minimum Gasteiger partial charge on any atom is -0.392 e. The first-order valence-corrected chi connectivity index (χ1v) is 7.98. The zero-order valence-electron chi connectivity index (χ0n) is 13.8. The monoisotopic (exact) mass is 294 g/mol. The summed E-state index contributed by atoms with van der Waals surface area (Å²) in [5, 5.41) is 10.8. The SMILES string of the molecule is CC(C)=CC[C@H](c1ccc(C)cc1)[C@@H](O)Cc1ccccc1. The van der Waals surface area contributed by atoms with Gasteiger partial charge in [0, 0.05) is 5.92 Å². The third-order valence-corrected chi connectivity index (χ3v) is 4.04. The van der Waals surface area contributed by atoms with Crippen LogP contribution in [-0.2, 0) is 6.42 Å². The zero-order valence-corrected chi connectivity index (χ0v) is 13.8. The van der Waals surface area contributed by atoms with Gasteiger partial charge < -0.3 is 5.11 Å². The lowest BCUT2D eigenvalue weighted by Crippen LogP contribution is -2.21. The van der Waals surface area contributed by atoms with Crippen LogP contribution in [-0.4, -0.2) is 11.2 Å². The molecule has 0 aliphatic carbocycles. The third-order valence-electron chi connectivity index (χ3n) is 4.04. The van der Waals surface area contributed by atoms with E-state index in [1.807, 2.05) is 18.2 Å². The van der Waals surface area contributed by atoms with Crippen molar-refractivity contribution in [3.8, 4) is 0 Å². The summed E-state index contributed by atoms with van der Waals surface area (Å²) in [4.78, 5) is 0. The standard InChI is InChI=1S/C21H26O/c1-16(2)9-14-20(19-12-10-17(3)11-13-19)21(22)15-18-7-5-4-6-8-18/h4-13,20-22H,14-15H2,1-3H3/t20-,21+/m1/s1. The number of rotatable bonds is 6. The second-order valence-corrected chi connectivity index (χ2v) is 6.29. The van der Waals surface area contributed by atoms with Crippen molar-refractivity contribution >= 4 is 0 Å². The summed E-state index contributed by atoms with van der Waals surface area (Å²) < 4.78 is 0. The summed E-state index contributed by atoms with van der Waals surface area (Å²) in [7, 11) is 0. The Hall–Kier alpha value is -1.86. The van der Waals surface area contributed by atoms with Crippen molar-refractivity contribution in [1.29, 1.82) is 0 Å². The minimum atomic E-state index is -0.374. The zero-order chi connectivity index (χ0) is 15.9. The number of aliphatic hydroxyl groups is 1. The predicted octanol–water partition coefficient (Wildman–Crippen LogP) is 5.04. The Labute approximate surface area is 134 Å². The Morgan fingerprint density at radius 3 is 2.23 bits per heavy atom. The largest absolute Gasteiger partial charge is 0.392 e. The van der Waals surface area contributed by atoms with E-state index in [0.29, 0.717) is 6.42 Å². The van der Waals surface area contributed by atoms with Crippen LogP contribution in [0.1, 0.15) is 42.9 Å². The molecule has 0 aromatic heterocycles. The molecule has 1 heteroatoms. The Morgan fingerprint density at radius 1 is 1.00 bits per heavy atom. The van der Waals surface area contributed by atoms with E-state index in [0.717, 1.165) is 6.42 Å². The van der Waals surface area contributed by atoms with Gasteiger partial charge in [0.2, 0.25) is 0 Å². The number of hydrogen-bond donors (Lipinski definition) is 1. The van der Waals surface area contributed by atoms with Crippen LogP contribution in [0.15, 0.2) is 66.2 Å². The highest BCUT2D eigenvalue weighted by atomic mass is 16.3. The molecule has 2 rings (SSSR count). The van der Waals surface area contributed by atoms with Gasteiger partial charge in [-0.25, -0.2) is 0 Å². The molecule has 0 aliphatic rings. The Kier molecular flexibility index (Phi) is 5.97. The van der Waals surface area contributed by atoms with E-state index in [1.54, 1.807) is 0 Å². The lowest BCUT2D eigenvalue weighted by Gasteiger charge is -2.23. The Balaban J connectivity index is 2.19. The molecule has 2 aromatic rings. The summed E-state index contributed by atoms with van der Waals surface area (Å²) >= 11 is 0. The first-order valence-electron chi connectivity index (χ1n) is 7.98. The molecule has 0 saturated carbocycles. The van der Waals surface area contributed by atoms with Crippen molar-refractivity contribution in [1.82, 2.24) is 0 Å². The summed E-state index contributed by atoms with van der Waals surface area (Å²) in [6.07, 6.45) is 3.41. The maximum atomic E-state index is 10.8. The molecule has 22 heavy (non-hydrogen) atoms. The molecule has 0 amide bonds. The molecule has 1 nitrogen and oxygen atoms in total. The Bertz CT molecular complexity index is 592. The van der Waals surface area contributed by atoms with Crippen molar-refractivity contribution in [2.75, 3.05) is 0 Å². The number of allylic oxidation sites excluding steroid dienone is 2. The molecule has 0 bridgehead atoms. The summed E-state index contributed by atoms with van der Waals surface area (Å²) in [5.74, 6) is 0.135. The van der Waals surface area contributed by atoms with Crippen LogP contribution in [0, 0.1) is 6.92 Å².